The van der Waals surface area contributed by atoms with Crippen LogP contribution in [0.3, 0.4) is 0 Å². The normalized spacial score (nSPS) is 10.0. The van der Waals surface area contributed by atoms with Crippen LogP contribution in [0.15, 0.2) is 60.8 Å². The van der Waals surface area contributed by atoms with Crippen LogP contribution in [0.4, 0.5) is 25.8 Å². The van der Waals surface area contributed by atoms with Gasteiger partial charge in [0.2, 0.25) is 0 Å². The molecule has 2 N–H and O–H groups in total. The molecular weight excluding hydrogens is 338 g/mol. The lowest BCUT2D eigenvalue weighted by Gasteiger charge is -2.10. The van der Waals surface area contributed by atoms with Crippen LogP contribution in [-0.2, 0) is 0 Å². The number of hydrogen-bond acceptors (Lipinski definition) is 4. The van der Waals surface area contributed by atoms with Crippen molar-refractivity contribution < 1.29 is 13.6 Å². The van der Waals surface area contributed by atoms with E-state index in [1.807, 2.05) is 0 Å². The lowest BCUT2D eigenvalue weighted by atomic mass is 10.2. The van der Waals surface area contributed by atoms with Gasteiger partial charge in [0, 0.05) is 18.0 Å². The summed E-state index contributed by atoms with van der Waals surface area (Å²) in [6, 6.07) is 14.9. The second-order valence-corrected chi connectivity index (χ2v) is 5.29. The number of halogens is 2. The number of para-hydroxylation sites is 1. The number of aromatic nitrogens is 1. The minimum absolute atomic E-state index is 0.0353. The Hall–Kier alpha value is -3.79. The molecule has 128 valence electrons. The van der Waals surface area contributed by atoms with Gasteiger partial charge in [-0.05, 0) is 36.4 Å². The summed E-state index contributed by atoms with van der Waals surface area (Å²) in [6.45, 7) is 0. The van der Waals surface area contributed by atoms with Crippen molar-refractivity contribution in [3.63, 3.8) is 0 Å². The molecular formula is C19H12F2N4O. The highest BCUT2D eigenvalue weighted by Gasteiger charge is 2.12. The molecule has 0 aliphatic rings. The molecule has 7 heteroatoms. The first-order valence-corrected chi connectivity index (χ1v) is 7.55. The van der Waals surface area contributed by atoms with Crippen LogP contribution in [0.25, 0.3) is 0 Å². The van der Waals surface area contributed by atoms with Gasteiger partial charge in [-0.3, -0.25) is 9.78 Å². The smallest absolute Gasteiger partial charge is 0.274 e. The van der Waals surface area contributed by atoms with Crippen molar-refractivity contribution >= 4 is 23.0 Å². The molecule has 2 aromatic carbocycles. The predicted molar refractivity (Wildman–Crippen MR) is 93.0 cm³/mol. The number of pyridine rings is 1. The van der Waals surface area contributed by atoms with Crippen LogP contribution < -0.4 is 10.6 Å². The maximum absolute atomic E-state index is 13.7. The van der Waals surface area contributed by atoms with Crippen LogP contribution in [-0.4, -0.2) is 10.9 Å². The van der Waals surface area contributed by atoms with Gasteiger partial charge < -0.3 is 10.6 Å². The summed E-state index contributed by atoms with van der Waals surface area (Å²) < 4.78 is 26.6. The Balaban J connectivity index is 1.80. The zero-order valence-corrected chi connectivity index (χ0v) is 13.3. The lowest BCUT2D eigenvalue weighted by molar-refractivity contribution is 0.102. The third-order valence-electron chi connectivity index (χ3n) is 3.50. The highest BCUT2D eigenvalue weighted by molar-refractivity contribution is 6.03. The van der Waals surface area contributed by atoms with Gasteiger partial charge in [-0.2, -0.15) is 5.26 Å². The Morgan fingerprint density at radius 2 is 1.85 bits per heavy atom. The highest BCUT2D eigenvalue weighted by atomic mass is 19.1. The van der Waals surface area contributed by atoms with E-state index in [9.17, 15) is 13.6 Å². The Morgan fingerprint density at radius 1 is 1.04 bits per heavy atom. The maximum atomic E-state index is 13.7. The number of carbonyl (C=O) groups is 1. The zero-order chi connectivity index (χ0) is 18.5. The molecule has 0 spiro atoms. The molecule has 0 saturated heterocycles. The third kappa shape index (κ3) is 3.82. The topological polar surface area (TPSA) is 77.8 Å². The fraction of sp³-hybridized carbons (Fsp3) is 0. The van der Waals surface area contributed by atoms with Crippen LogP contribution in [0.1, 0.15) is 16.1 Å². The monoisotopic (exact) mass is 350 g/mol. The Bertz CT molecular complexity index is 1010. The van der Waals surface area contributed by atoms with Crippen molar-refractivity contribution in [3.8, 4) is 6.07 Å². The summed E-state index contributed by atoms with van der Waals surface area (Å²) in [7, 11) is 0. The molecule has 0 unspecified atom stereocenters. The summed E-state index contributed by atoms with van der Waals surface area (Å²) in [6.07, 6.45) is 1.41. The molecule has 0 radical (unpaired) electrons. The zero-order valence-electron chi connectivity index (χ0n) is 13.3. The quantitative estimate of drug-likeness (QED) is 0.738. The van der Waals surface area contributed by atoms with Gasteiger partial charge in [0.1, 0.15) is 23.4 Å². The van der Waals surface area contributed by atoms with E-state index in [4.69, 9.17) is 5.26 Å². The van der Waals surface area contributed by atoms with E-state index in [-0.39, 0.29) is 11.4 Å². The van der Waals surface area contributed by atoms with Gasteiger partial charge in [-0.15, -0.1) is 0 Å². The number of rotatable bonds is 4. The molecule has 1 amide bonds. The average Bonchev–Trinajstić information content (AvgIpc) is 2.64. The van der Waals surface area contributed by atoms with E-state index in [1.54, 1.807) is 30.3 Å². The van der Waals surface area contributed by atoms with E-state index in [0.717, 1.165) is 12.1 Å². The van der Waals surface area contributed by atoms with E-state index in [2.05, 4.69) is 21.7 Å². The van der Waals surface area contributed by atoms with E-state index in [1.165, 1.54) is 12.3 Å². The molecule has 26 heavy (non-hydrogen) atoms. The molecule has 0 aliphatic heterocycles. The second kappa shape index (κ2) is 7.40. The minimum Gasteiger partial charge on any atom is -0.354 e. The Labute approximate surface area is 147 Å². The minimum atomic E-state index is -0.879. The fourth-order valence-electron chi connectivity index (χ4n) is 2.25. The number of benzene rings is 2. The molecule has 0 fully saturated rings. The van der Waals surface area contributed by atoms with Gasteiger partial charge >= 0.3 is 0 Å². The first-order chi connectivity index (χ1) is 12.6. The van der Waals surface area contributed by atoms with Crippen LogP contribution in [0, 0.1) is 23.0 Å². The number of nitrogens with one attached hydrogen (secondary N) is 2. The van der Waals surface area contributed by atoms with Crippen molar-refractivity contribution in [1.82, 2.24) is 4.98 Å². The van der Waals surface area contributed by atoms with Gasteiger partial charge in [-0.25, -0.2) is 8.78 Å². The van der Waals surface area contributed by atoms with Crippen molar-refractivity contribution in [1.29, 1.82) is 5.26 Å². The van der Waals surface area contributed by atoms with Crippen LogP contribution >= 0.6 is 0 Å². The average molecular weight is 350 g/mol. The van der Waals surface area contributed by atoms with Gasteiger partial charge in [0.15, 0.2) is 0 Å². The van der Waals surface area contributed by atoms with E-state index >= 15 is 0 Å². The summed E-state index contributed by atoms with van der Waals surface area (Å²) in [4.78, 5) is 16.2. The van der Waals surface area contributed by atoms with Crippen molar-refractivity contribution in [2.75, 3.05) is 10.6 Å². The molecule has 3 rings (SSSR count). The van der Waals surface area contributed by atoms with Gasteiger partial charge in [0.25, 0.3) is 5.91 Å². The second-order valence-electron chi connectivity index (χ2n) is 5.29. The summed E-state index contributed by atoms with van der Waals surface area (Å²) >= 11 is 0. The SMILES string of the molecule is N#Cc1ccccc1Nc1ccnc(C(=O)Nc2ccc(F)cc2F)c1. The van der Waals surface area contributed by atoms with Gasteiger partial charge in [-0.1, -0.05) is 12.1 Å². The number of nitriles is 1. The van der Waals surface area contributed by atoms with E-state index < -0.39 is 17.5 Å². The number of hydrogen-bond donors (Lipinski definition) is 2. The summed E-state index contributed by atoms with van der Waals surface area (Å²) in [5, 5.41) is 14.5. The molecule has 0 bridgehead atoms. The van der Waals surface area contributed by atoms with E-state index in [0.29, 0.717) is 23.0 Å². The molecule has 0 atom stereocenters. The molecule has 1 heterocycles. The summed E-state index contributed by atoms with van der Waals surface area (Å²) in [5.74, 6) is -2.26. The Morgan fingerprint density at radius 3 is 2.62 bits per heavy atom. The molecule has 1 aromatic heterocycles. The van der Waals surface area contributed by atoms with Crippen molar-refractivity contribution in [3.05, 3.63) is 83.7 Å². The number of anilines is 3. The molecule has 3 aromatic rings. The highest BCUT2D eigenvalue weighted by Crippen LogP contribution is 2.21. The predicted octanol–water partition coefficient (Wildman–Crippen LogP) is 4.23. The lowest BCUT2D eigenvalue weighted by Crippen LogP contribution is -2.15. The summed E-state index contributed by atoms with van der Waals surface area (Å²) in [5.41, 5.74) is 1.45. The fourth-order valence-corrected chi connectivity index (χ4v) is 2.25. The van der Waals surface area contributed by atoms with Crippen molar-refractivity contribution in [2.24, 2.45) is 0 Å². The maximum Gasteiger partial charge on any atom is 0.274 e. The number of nitrogens with zero attached hydrogens (tertiary/aromatic N) is 2. The van der Waals surface area contributed by atoms with Crippen molar-refractivity contribution in [2.45, 2.75) is 0 Å². The molecule has 5 nitrogen and oxygen atoms in total. The number of carbonyl (C=O) groups excluding carboxylic acids is 1. The standard InChI is InChI=1S/C19H12F2N4O/c20-13-5-6-17(15(21)9-13)25-19(26)18-10-14(7-8-23-18)24-16-4-2-1-3-12(16)11-22/h1-10H,(H,23,24)(H,25,26). The third-order valence-corrected chi connectivity index (χ3v) is 3.50. The van der Waals surface area contributed by atoms with Crippen LogP contribution in [0.5, 0.6) is 0 Å². The Kier molecular flexibility index (Phi) is 4.85. The molecule has 0 saturated carbocycles. The van der Waals surface area contributed by atoms with Gasteiger partial charge in [0.05, 0.1) is 16.9 Å². The van der Waals surface area contributed by atoms with Crippen LogP contribution in [0.2, 0.25) is 0 Å². The first kappa shape index (κ1) is 17.0. The first-order valence-electron chi connectivity index (χ1n) is 7.55. The molecule has 0 aliphatic carbocycles. The number of amides is 1. The largest absolute Gasteiger partial charge is 0.354 e.